The molecule has 0 aliphatic carbocycles. The summed E-state index contributed by atoms with van der Waals surface area (Å²) in [7, 11) is 1.37. The monoisotopic (exact) mass is 437 g/mol. The van der Waals surface area contributed by atoms with Crippen molar-refractivity contribution in [2.24, 2.45) is 0 Å². The van der Waals surface area contributed by atoms with E-state index in [1.165, 1.54) is 13.4 Å². The number of methoxy groups -OCH3 is 1. The first-order valence-corrected chi connectivity index (χ1v) is 10.5. The van der Waals surface area contributed by atoms with Crippen LogP contribution in [-0.2, 0) is 4.74 Å². The average molecular weight is 437 g/mol. The zero-order valence-electron chi connectivity index (χ0n) is 17.7. The summed E-state index contributed by atoms with van der Waals surface area (Å²) >= 11 is 0. The number of pyridine rings is 1. The molecule has 162 valence electrons. The Labute approximate surface area is 189 Å². The van der Waals surface area contributed by atoms with Gasteiger partial charge in [0.1, 0.15) is 24.2 Å². The lowest BCUT2D eigenvalue weighted by molar-refractivity contribution is 0.0600. The molecule has 0 saturated carbocycles. The van der Waals surface area contributed by atoms with Gasteiger partial charge in [-0.25, -0.2) is 9.48 Å². The number of fused-ring (bicyclic) bond motifs is 3. The molecule has 2 aromatic heterocycles. The topological polar surface area (TPSA) is 91.2 Å². The maximum Gasteiger partial charge on any atom is 0.337 e. The van der Waals surface area contributed by atoms with E-state index < -0.39 is 6.10 Å². The van der Waals surface area contributed by atoms with E-state index >= 15 is 0 Å². The van der Waals surface area contributed by atoms with Crippen molar-refractivity contribution in [3.63, 3.8) is 0 Å². The van der Waals surface area contributed by atoms with Crippen molar-refractivity contribution in [2.75, 3.05) is 12.4 Å². The van der Waals surface area contributed by atoms with Gasteiger partial charge in [0.2, 0.25) is 5.95 Å². The highest BCUT2D eigenvalue weighted by molar-refractivity contribution is 5.89. The Hall–Kier alpha value is -4.46. The van der Waals surface area contributed by atoms with Gasteiger partial charge < -0.3 is 14.8 Å². The van der Waals surface area contributed by atoms with Crippen LogP contribution >= 0.6 is 0 Å². The van der Waals surface area contributed by atoms with Crippen LogP contribution in [0.3, 0.4) is 0 Å². The molecule has 8 heteroatoms. The van der Waals surface area contributed by atoms with E-state index in [1.807, 2.05) is 59.4 Å². The molecule has 33 heavy (non-hydrogen) atoms. The van der Waals surface area contributed by atoms with E-state index in [9.17, 15) is 4.79 Å². The number of nitrogens with one attached hydrogen (secondary N) is 1. The largest absolute Gasteiger partial charge is 0.480 e. The third kappa shape index (κ3) is 3.07. The lowest BCUT2D eigenvalue weighted by Crippen LogP contribution is -2.32. The predicted octanol–water partition coefficient (Wildman–Crippen LogP) is 4.02. The van der Waals surface area contributed by atoms with Crippen LogP contribution in [0, 0.1) is 0 Å². The van der Waals surface area contributed by atoms with Gasteiger partial charge in [-0.15, -0.1) is 0 Å². The first kappa shape index (κ1) is 19.2. The van der Waals surface area contributed by atoms with Gasteiger partial charge in [-0.05, 0) is 41.5 Å². The van der Waals surface area contributed by atoms with E-state index in [-0.39, 0.29) is 12.0 Å². The van der Waals surface area contributed by atoms with Crippen molar-refractivity contribution in [2.45, 2.75) is 12.1 Å². The van der Waals surface area contributed by atoms with Crippen molar-refractivity contribution < 1.29 is 14.3 Å². The molecule has 6 rings (SSSR count). The number of para-hydroxylation sites is 1. The van der Waals surface area contributed by atoms with E-state index in [0.29, 0.717) is 11.5 Å². The molecule has 0 bridgehead atoms. The van der Waals surface area contributed by atoms with Crippen LogP contribution in [0.2, 0.25) is 0 Å². The number of aromatic nitrogens is 4. The van der Waals surface area contributed by atoms with E-state index in [0.717, 1.165) is 33.7 Å². The summed E-state index contributed by atoms with van der Waals surface area (Å²) in [5, 5.41) is 7.97. The number of nitrogens with zero attached hydrogens (tertiary/aromatic N) is 4. The first-order chi connectivity index (χ1) is 16.2. The molecule has 0 saturated heterocycles. The van der Waals surface area contributed by atoms with Crippen LogP contribution < -0.4 is 10.1 Å². The number of hydrogen-bond acceptors (Lipinski definition) is 7. The Balaban J connectivity index is 1.56. The molecule has 4 aromatic rings. The third-order valence-electron chi connectivity index (χ3n) is 5.96. The zero-order chi connectivity index (χ0) is 22.4. The molecular formula is C25H19N5O3. The summed E-state index contributed by atoms with van der Waals surface area (Å²) in [5.41, 5.74) is 5.24. The second-order valence-corrected chi connectivity index (χ2v) is 7.78. The quantitative estimate of drug-likeness (QED) is 0.484. The van der Waals surface area contributed by atoms with Gasteiger partial charge in [0, 0.05) is 23.5 Å². The fourth-order valence-corrected chi connectivity index (χ4v) is 4.46. The number of carbonyl (C=O) groups excluding carboxylic acids is 1. The van der Waals surface area contributed by atoms with E-state index in [2.05, 4.69) is 20.4 Å². The molecule has 2 aromatic carbocycles. The summed E-state index contributed by atoms with van der Waals surface area (Å²) in [5.74, 6) is 1.04. The van der Waals surface area contributed by atoms with E-state index in [1.54, 1.807) is 18.3 Å². The van der Waals surface area contributed by atoms with Gasteiger partial charge in [0.15, 0.2) is 0 Å². The second-order valence-electron chi connectivity index (χ2n) is 7.78. The smallest absolute Gasteiger partial charge is 0.337 e. The molecule has 0 spiro atoms. The van der Waals surface area contributed by atoms with E-state index in [4.69, 9.17) is 9.47 Å². The lowest BCUT2D eigenvalue weighted by atomic mass is 9.85. The predicted molar refractivity (Wildman–Crippen MR) is 121 cm³/mol. The Morgan fingerprint density at radius 1 is 1.06 bits per heavy atom. The minimum absolute atomic E-state index is 0.272. The molecule has 0 fully saturated rings. The number of anilines is 1. The average Bonchev–Trinajstić information content (AvgIpc) is 3.35. The third-order valence-corrected chi connectivity index (χ3v) is 5.96. The summed E-state index contributed by atoms with van der Waals surface area (Å²) in [6.07, 6.45) is 4.70. The molecule has 2 aliphatic rings. The second kappa shape index (κ2) is 7.59. The molecule has 1 N–H and O–H groups in total. The van der Waals surface area contributed by atoms with Crippen LogP contribution in [0.25, 0.3) is 5.70 Å². The Morgan fingerprint density at radius 2 is 1.91 bits per heavy atom. The van der Waals surface area contributed by atoms with Crippen LogP contribution in [0.15, 0.2) is 85.0 Å². The van der Waals surface area contributed by atoms with Crippen molar-refractivity contribution in [3.05, 3.63) is 107 Å². The lowest BCUT2D eigenvalue weighted by Gasteiger charge is -2.38. The van der Waals surface area contributed by atoms with Crippen molar-refractivity contribution in [1.82, 2.24) is 19.7 Å². The Bertz CT molecular complexity index is 1380. The normalized spacial score (nSPS) is 18.3. The van der Waals surface area contributed by atoms with Crippen molar-refractivity contribution in [1.29, 1.82) is 0 Å². The highest BCUT2D eigenvalue weighted by atomic mass is 16.5. The van der Waals surface area contributed by atoms with Crippen LogP contribution in [0.4, 0.5) is 5.95 Å². The number of hydrogen-bond donors (Lipinski definition) is 1. The van der Waals surface area contributed by atoms with Crippen LogP contribution in [-0.4, -0.2) is 32.8 Å². The fraction of sp³-hybridized carbons (Fsp3) is 0.120. The van der Waals surface area contributed by atoms with Crippen molar-refractivity contribution >= 4 is 17.6 Å². The molecule has 2 aliphatic heterocycles. The first-order valence-electron chi connectivity index (χ1n) is 10.5. The molecule has 2 atom stereocenters. The number of rotatable bonds is 3. The Kier molecular flexibility index (Phi) is 4.43. The maximum absolute atomic E-state index is 11.9. The number of carbonyl (C=O) groups is 1. The summed E-state index contributed by atoms with van der Waals surface area (Å²) < 4.78 is 13.3. The summed E-state index contributed by atoms with van der Waals surface area (Å²) in [6, 6.07) is 18.9. The molecular weight excluding hydrogens is 418 g/mol. The molecule has 4 heterocycles. The highest BCUT2D eigenvalue weighted by Crippen LogP contribution is 2.50. The van der Waals surface area contributed by atoms with Crippen LogP contribution in [0.5, 0.6) is 5.75 Å². The Morgan fingerprint density at radius 3 is 2.70 bits per heavy atom. The van der Waals surface area contributed by atoms with Gasteiger partial charge in [0.25, 0.3) is 0 Å². The fourth-order valence-electron chi connectivity index (χ4n) is 4.46. The SMILES string of the molecule is COC(=O)c1ccc(C2Oc3ccccc3C3=C2C(c2cccnc2)n2ncnc2N3)cc1. The van der Waals surface area contributed by atoms with Crippen molar-refractivity contribution in [3.8, 4) is 5.75 Å². The maximum atomic E-state index is 11.9. The number of benzene rings is 2. The zero-order valence-corrected chi connectivity index (χ0v) is 17.7. The summed E-state index contributed by atoms with van der Waals surface area (Å²) in [6.45, 7) is 0. The summed E-state index contributed by atoms with van der Waals surface area (Å²) in [4.78, 5) is 20.7. The van der Waals surface area contributed by atoms with Gasteiger partial charge >= 0.3 is 5.97 Å². The number of ether oxygens (including phenoxy) is 2. The molecule has 0 radical (unpaired) electrons. The standard InChI is InChI=1S/C25H19N5O3/c1-32-24(31)16-10-8-15(9-11-16)23-20-21(18-6-2-3-7-19(18)33-23)29-25-27-14-28-30(25)22(20)17-5-4-12-26-13-17/h2-14,22-23H,1H3,(H,27,28,29). The van der Waals surface area contributed by atoms with Gasteiger partial charge in [-0.2, -0.15) is 10.1 Å². The minimum atomic E-state index is -0.420. The number of esters is 1. The van der Waals surface area contributed by atoms with Gasteiger partial charge in [0.05, 0.1) is 18.4 Å². The van der Waals surface area contributed by atoms with Gasteiger partial charge in [-0.1, -0.05) is 30.3 Å². The minimum Gasteiger partial charge on any atom is -0.480 e. The van der Waals surface area contributed by atoms with Crippen LogP contribution in [0.1, 0.15) is 39.2 Å². The molecule has 0 amide bonds. The molecule has 2 unspecified atom stereocenters. The van der Waals surface area contributed by atoms with Gasteiger partial charge in [-0.3, -0.25) is 4.98 Å². The molecule has 8 nitrogen and oxygen atoms in total. The highest BCUT2D eigenvalue weighted by Gasteiger charge is 2.40.